The van der Waals surface area contributed by atoms with Crippen LogP contribution in [0.5, 0.6) is 11.5 Å². The number of methoxy groups -OCH3 is 1. The zero-order chi connectivity index (χ0) is 20.7. The molecule has 28 heavy (non-hydrogen) atoms. The van der Waals surface area contributed by atoms with Crippen molar-refractivity contribution in [2.24, 2.45) is 0 Å². The molecule has 0 bridgehead atoms. The van der Waals surface area contributed by atoms with Crippen molar-refractivity contribution in [3.05, 3.63) is 54.1 Å². The van der Waals surface area contributed by atoms with Crippen LogP contribution in [0.2, 0.25) is 0 Å². The minimum atomic E-state index is -1.12. The van der Waals surface area contributed by atoms with Crippen molar-refractivity contribution in [2.45, 2.75) is 26.0 Å². The van der Waals surface area contributed by atoms with E-state index in [1.807, 2.05) is 0 Å². The number of ether oxygens (including phenoxy) is 2. The Morgan fingerprint density at radius 3 is 2.04 bits per heavy atom. The summed E-state index contributed by atoms with van der Waals surface area (Å²) in [7, 11) is 1.56. The third-order valence-electron chi connectivity index (χ3n) is 3.87. The molecule has 8 nitrogen and oxygen atoms in total. The van der Waals surface area contributed by atoms with Crippen LogP contribution in [0.25, 0.3) is 0 Å². The number of benzene rings is 2. The number of hydrogen-bond acceptors (Lipinski definition) is 5. The Morgan fingerprint density at radius 2 is 1.50 bits per heavy atom. The molecular weight excluding hydrogens is 364 g/mol. The maximum atomic E-state index is 12.3. The lowest BCUT2D eigenvalue weighted by Crippen LogP contribution is -2.38. The van der Waals surface area contributed by atoms with Gasteiger partial charge in [0.05, 0.1) is 7.11 Å². The molecule has 2 aromatic rings. The molecular formula is C20H22N2O6. The maximum absolute atomic E-state index is 12.3. The molecule has 2 unspecified atom stereocenters. The van der Waals surface area contributed by atoms with Crippen molar-refractivity contribution < 1.29 is 29.0 Å². The van der Waals surface area contributed by atoms with Gasteiger partial charge in [-0.3, -0.25) is 14.4 Å². The van der Waals surface area contributed by atoms with E-state index >= 15 is 0 Å². The average molecular weight is 386 g/mol. The minimum absolute atomic E-state index is 0.286. The third kappa shape index (κ3) is 5.73. The second-order valence-electron chi connectivity index (χ2n) is 6.04. The second kappa shape index (κ2) is 9.40. The van der Waals surface area contributed by atoms with Crippen LogP contribution >= 0.6 is 0 Å². The summed E-state index contributed by atoms with van der Waals surface area (Å²) in [5.41, 5.74) is 0.770. The summed E-state index contributed by atoms with van der Waals surface area (Å²) in [6.07, 6.45) is -0.743. The van der Waals surface area contributed by atoms with Crippen LogP contribution in [0.15, 0.2) is 48.5 Å². The predicted octanol–water partition coefficient (Wildman–Crippen LogP) is 2.30. The summed E-state index contributed by atoms with van der Waals surface area (Å²) in [4.78, 5) is 35.0. The van der Waals surface area contributed by atoms with Crippen LogP contribution in [0.1, 0.15) is 24.2 Å². The SMILES string of the molecule is COc1ccc(OC(C)C(=O)Nc2ccc(C(=O)NC(C)C(=O)O)cc2)cc1. The third-order valence-corrected chi connectivity index (χ3v) is 3.87. The highest BCUT2D eigenvalue weighted by atomic mass is 16.5. The predicted molar refractivity (Wildman–Crippen MR) is 103 cm³/mol. The molecule has 148 valence electrons. The standard InChI is InChI=1S/C20H22N2O6/c1-12(20(25)26)21-19(24)14-4-6-15(7-5-14)22-18(23)13(2)28-17-10-8-16(27-3)9-11-17/h4-13H,1-3H3,(H,21,24)(H,22,23)(H,25,26). The fourth-order valence-electron chi connectivity index (χ4n) is 2.20. The van der Waals surface area contributed by atoms with Gasteiger partial charge < -0.3 is 25.2 Å². The average Bonchev–Trinajstić information content (AvgIpc) is 2.68. The van der Waals surface area contributed by atoms with Crippen LogP contribution in [-0.2, 0) is 9.59 Å². The van der Waals surface area contributed by atoms with Crippen molar-refractivity contribution >= 4 is 23.5 Å². The van der Waals surface area contributed by atoms with E-state index in [0.717, 1.165) is 0 Å². The molecule has 0 fully saturated rings. The van der Waals surface area contributed by atoms with Gasteiger partial charge in [0.1, 0.15) is 17.5 Å². The first-order chi connectivity index (χ1) is 13.3. The number of carboxylic acid groups (broad SMARTS) is 1. The number of anilines is 1. The molecule has 0 heterocycles. The molecule has 0 saturated heterocycles. The molecule has 0 aliphatic rings. The van der Waals surface area contributed by atoms with Crippen molar-refractivity contribution in [1.29, 1.82) is 0 Å². The lowest BCUT2D eigenvalue weighted by Gasteiger charge is -2.15. The Hall–Kier alpha value is -3.55. The number of aliphatic carboxylic acids is 1. The van der Waals surface area contributed by atoms with Crippen LogP contribution in [0.4, 0.5) is 5.69 Å². The zero-order valence-corrected chi connectivity index (χ0v) is 15.8. The van der Waals surface area contributed by atoms with Crippen LogP contribution in [-0.4, -0.2) is 42.1 Å². The van der Waals surface area contributed by atoms with Gasteiger partial charge in [0, 0.05) is 11.3 Å². The highest BCUT2D eigenvalue weighted by molar-refractivity contribution is 5.98. The van der Waals surface area contributed by atoms with E-state index in [-0.39, 0.29) is 11.5 Å². The van der Waals surface area contributed by atoms with Gasteiger partial charge in [-0.2, -0.15) is 0 Å². The normalized spacial score (nSPS) is 12.4. The Kier molecular flexibility index (Phi) is 6.97. The summed E-state index contributed by atoms with van der Waals surface area (Å²) in [6, 6.07) is 12.0. The molecule has 0 aliphatic carbocycles. The first-order valence-corrected chi connectivity index (χ1v) is 8.55. The summed E-state index contributed by atoms with van der Waals surface area (Å²) in [6.45, 7) is 2.99. The lowest BCUT2D eigenvalue weighted by molar-refractivity contribution is -0.138. The summed E-state index contributed by atoms with van der Waals surface area (Å²) in [5.74, 6) is -0.770. The largest absolute Gasteiger partial charge is 0.497 e. The van der Waals surface area contributed by atoms with Gasteiger partial charge in [-0.1, -0.05) is 0 Å². The minimum Gasteiger partial charge on any atom is -0.497 e. The fraction of sp³-hybridized carbons (Fsp3) is 0.250. The van der Waals surface area contributed by atoms with E-state index in [1.54, 1.807) is 50.4 Å². The highest BCUT2D eigenvalue weighted by Crippen LogP contribution is 2.18. The Labute approximate surface area is 162 Å². The van der Waals surface area contributed by atoms with Crippen molar-refractivity contribution in [3.8, 4) is 11.5 Å². The molecule has 2 rings (SSSR count). The first-order valence-electron chi connectivity index (χ1n) is 8.55. The second-order valence-corrected chi connectivity index (χ2v) is 6.04. The van der Waals surface area contributed by atoms with E-state index < -0.39 is 24.0 Å². The van der Waals surface area contributed by atoms with Gasteiger partial charge in [-0.25, -0.2) is 0 Å². The molecule has 2 atom stereocenters. The van der Waals surface area contributed by atoms with Gasteiger partial charge in [0.25, 0.3) is 11.8 Å². The Bertz CT molecular complexity index is 833. The number of carbonyl (C=O) groups is 3. The molecule has 2 aromatic carbocycles. The van der Waals surface area contributed by atoms with Crippen LogP contribution < -0.4 is 20.1 Å². The van der Waals surface area contributed by atoms with E-state index in [0.29, 0.717) is 17.2 Å². The smallest absolute Gasteiger partial charge is 0.325 e. The van der Waals surface area contributed by atoms with E-state index in [9.17, 15) is 14.4 Å². The monoisotopic (exact) mass is 386 g/mol. The Morgan fingerprint density at radius 1 is 0.929 bits per heavy atom. The van der Waals surface area contributed by atoms with Crippen molar-refractivity contribution in [3.63, 3.8) is 0 Å². The zero-order valence-electron chi connectivity index (χ0n) is 15.8. The molecule has 2 amide bonds. The summed E-state index contributed by atoms with van der Waals surface area (Å²) in [5, 5.41) is 13.9. The summed E-state index contributed by atoms with van der Waals surface area (Å²) < 4.78 is 10.7. The highest BCUT2D eigenvalue weighted by Gasteiger charge is 2.17. The number of nitrogens with one attached hydrogen (secondary N) is 2. The number of rotatable bonds is 8. The van der Waals surface area contributed by atoms with E-state index in [1.165, 1.54) is 19.1 Å². The maximum Gasteiger partial charge on any atom is 0.325 e. The van der Waals surface area contributed by atoms with E-state index in [2.05, 4.69) is 10.6 Å². The number of amides is 2. The topological polar surface area (TPSA) is 114 Å². The van der Waals surface area contributed by atoms with Gasteiger partial charge in [-0.05, 0) is 62.4 Å². The molecule has 0 spiro atoms. The van der Waals surface area contributed by atoms with Crippen molar-refractivity contribution in [1.82, 2.24) is 5.32 Å². The fourth-order valence-corrected chi connectivity index (χ4v) is 2.20. The Balaban J connectivity index is 1.92. The molecule has 0 aliphatic heterocycles. The van der Waals surface area contributed by atoms with Gasteiger partial charge in [0.2, 0.25) is 0 Å². The van der Waals surface area contributed by atoms with Crippen LogP contribution in [0, 0.1) is 0 Å². The first kappa shape index (κ1) is 20.8. The van der Waals surface area contributed by atoms with Crippen molar-refractivity contribution in [2.75, 3.05) is 12.4 Å². The molecule has 0 radical (unpaired) electrons. The lowest BCUT2D eigenvalue weighted by atomic mass is 10.1. The molecule has 0 aromatic heterocycles. The van der Waals surface area contributed by atoms with Gasteiger partial charge >= 0.3 is 5.97 Å². The summed E-state index contributed by atoms with van der Waals surface area (Å²) >= 11 is 0. The quantitative estimate of drug-likeness (QED) is 0.641. The van der Waals surface area contributed by atoms with Gasteiger partial charge in [0.15, 0.2) is 6.10 Å². The number of hydrogen-bond donors (Lipinski definition) is 3. The molecule has 8 heteroatoms. The molecule has 3 N–H and O–H groups in total. The van der Waals surface area contributed by atoms with E-state index in [4.69, 9.17) is 14.6 Å². The number of carbonyl (C=O) groups excluding carboxylic acids is 2. The van der Waals surface area contributed by atoms with Crippen LogP contribution in [0.3, 0.4) is 0 Å². The molecule has 0 saturated carbocycles. The van der Waals surface area contributed by atoms with Gasteiger partial charge in [-0.15, -0.1) is 0 Å². The number of carboxylic acids is 1.